The molecule has 1 amide bonds. The molecular weight excluding hydrogens is 292 g/mol. The van der Waals surface area contributed by atoms with Gasteiger partial charge in [-0.05, 0) is 50.1 Å². The molecule has 1 aromatic heterocycles. The highest BCUT2D eigenvalue weighted by Crippen LogP contribution is 2.26. The SMILES string of the molecule is Cc1cc(C)nc(NCCOc2ccc3c(c2)CCC(=O)N3)n1. The van der Waals surface area contributed by atoms with E-state index in [9.17, 15) is 4.79 Å². The first kappa shape index (κ1) is 15.3. The molecule has 6 heteroatoms. The van der Waals surface area contributed by atoms with Gasteiger partial charge in [0.05, 0.1) is 6.54 Å². The molecule has 0 saturated heterocycles. The Morgan fingerprint density at radius 1 is 1.17 bits per heavy atom. The summed E-state index contributed by atoms with van der Waals surface area (Å²) in [7, 11) is 0. The average molecular weight is 312 g/mol. The molecule has 0 saturated carbocycles. The maximum absolute atomic E-state index is 11.3. The van der Waals surface area contributed by atoms with Crippen LogP contribution in [0.25, 0.3) is 0 Å². The molecule has 0 spiro atoms. The van der Waals surface area contributed by atoms with Crippen LogP contribution in [0.3, 0.4) is 0 Å². The number of nitrogens with one attached hydrogen (secondary N) is 2. The van der Waals surface area contributed by atoms with Crippen LogP contribution in [-0.2, 0) is 11.2 Å². The Bertz CT molecular complexity index is 710. The van der Waals surface area contributed by atoms with Crippen molar-refractivity contribution in [1.29, 1.82) is 0 Å². The van der Waals surface area contributed by atoms with Crippen LogP contribution < -0.4 is 15.4 Å². The molecule has 2 N–H and O–H groups in total. The molecule has 2 aromatic rings. The number of carbonyl (C=O) groups is 1. The number of rotatable bonds is 5. The third-order valence-electron chi connectivity index (χ3n) is 3.61. The van der Waals surface area contributed by atoms with Gasteiger partial charge in [0.1, 0.15) is 12.4 Å². The zero-order valence-electron chi connectivity index (χ0n) is 13.3. The van der Waals surface area contributed by atoms with Crippen molar-refractivity contribution in [2.45, 2.75) is 26.7 Å². The molecule has 0 fully saturated rings. The van der Waals surface area contributed by atoms with E-state index in [-0.39, 0.29) is 5.91 Å². The van der Waals surface area contributed by atoms with E-state index in [4.69, 9.17) is 4.74 Å². The van der Waals surface area contributed by atoms with Crippen molar-refractivity contribution in [1.82, 2.24) is 9.97 Å². The van der Waals surface area contributed by atoms with E-state index in [2.05, 4.69) is 20.6 Å². The van der Waals surface area contributed by atoms with Crippen LogP contribution in [0.1, 0.15) is 23.4 Å². The van der Waals surface area contributed by atoms with E-state index in [0.717, 1.165) is 34.8 Å². The summed E-state index contributed by atoms with van der Waals surface area (Å²) in [6, 6.07) is 7.69. The predicted molar refractivity (Wildman–Crippen MR) is 88.9 cm³/mol. The number of anilines is 2. The lowest BCUT2D eigenvalue weighted by molar-refractivity contribution is -0.116. The van der Waals surface area contributed by atoms with Gasteiger partial charge in [-0.25, -0.2) is 9.97 Å². The van der Waals surface area contributed by atoms with Crippen LogP contribution in [0, 0.1) is 13.8 Å². The number of carbonyl (C=O) groups excluding carboxylic acids is 1. The molecule has 3 rings (SSSR count). The van der Waals surface area contributed by atoms with E-state index in [0.29, 0.717) is 25.5 Å². The quantitative estimate of drug-likeness (QED) is 0.830. The molecule has 0 atom stereocenters. The predicted octanol–water partition coefficient (Wildman–Crippen LogP) is 2.47. The Morgan fingerprint density at radius 2 is 1.96 bits per heavy atom. The molecule has 23 heavy (non-hydrogen) atoms. The first-order chi connectivity index (χ1) is 11.1. The minimum Gasteiger partial charge on any atom is -0.492 e. The van der Waals surface area contributed by atoms with E-state index in [1.54, 1.807) is 0 Å². The molecule has 1 aromatic carbocycles. The van der Waals surface area contributed by atoms with Gasteiger partial charge in [-0.1, -0.05) is 0 Å². The van der Waals surface area contributed by atoms with Crippen LogP contribution >= 0.6 is 0 Å². The van der Waals surface area contributed by atoms with Gasteiger partial charge in [0.25, 0.3) is 0 Å². The Kier molecular flexibility index (Phi) is 4.41. The topological polar surface area (TPSA) is 76.1 Å². The molecule has 0 aliphatic carbocycles. The Balaban J connectivity index is 1.52. The Labute approximate surface area is 135 Å². The normalized spacial score (nSPS) is 13.2. The summed E-state index contributed by atoms with van der Waals surface area (Å²) in [5, 5.41) is 6.02. The van der Waals surface area contributed by atoms with Crippen molar-refractivity contribution in [2.24, 2.45) is 0 Å². The van der Waals surface area contributed by atoms with Crippen LogP contribution in [-0.4, -0.2) is 29.0 Å². The van der Waals surface area contributed by atoms with Crippen molar-refractivity contribution in [3.8, 4) is 5.75 Å². The van der Waals surface area contributed by atoms with Gasteiger partial charge in [0, 0.05) is 23.5 Å². The van der Waals surface area contributed by atoms with Gasteiger partial charge < -0.3 is 15.4 Å². The minimum atomic E-state index is 0.0730. The lowest BCUT2D eigenvalue weighted by Crippen LogP contribution is -2.19. The van der Waals surface area contributed by atoms with Crippen LogP contribution in [0.4, 0.5) is 11.6 Å². The summed E-state index contributed by atoms with van der Waals surface area (Å²) in [5.74, 6) is 1.51. The van der Waals surface area contributed by atoms with Crippen LogP contribution in [0.5, 0.6) is 5.75 Å². The fourth-order valence-electron chi connectivity index (χ4n) is 2.59. The zero-order chi connectivity index (χ0) is 16.2. The largest absolute Gasteiger partial charge is 0.492 e. The third kappa shape index (κ3) is 3.97. The van der Waals surface area contributed by atoms with Crippen molar-refractivity contribution in [2.75, 3.05) is 23.8 Å². The zero-order valence-corrected chi connectivity index (χ0v) is 13.3. The number of aromatic nitrogens is 2. The number of aryl methyl sites for hydroxylation is 3. The number of hydrogen-bond acceptors (Lipinski definition) is 5. The fraction of sp³-hybridized carbons (Fsp3) is 0.353. The maximum atomic E-state index is 11.3. The minimum absolute atomic E-state index is 0.0730. The third-order valence-corrected chi connectivity index (χ3v) is 3.61. The van der Waals surface area contributed by atoms with Crippen molar-refractivity contribution >= 4 is 17.5 Å². The second-order valence-corrected chi connectivity index (χ2v) is 5.62. The number of benzene rings is 1. The van der Waals surface area contributed by atoms with Crippen molar-refractivity contribution in [3.05, 3.63) is 41.2 Å². The van der Waals surface area contributed by atoms with Gasteiger partial charge in [0.15, 0.2) is 0 Å². The Hall–Kier alpha value is -2.63. The highest BCUT2D eigenvalue weighted by Gasteiger charge is 2.14. The lowest BCUT2D eigenvalue weighted by atomic mass is 10.0. The summed E-state index contributed by atoms with van der Waals surface area (Å²) < 4.78 is 5.75. The molecule has 0 bridgehead atoms. The van der Waals surface area contributed by atoms with Crippen LogP contribution in [0.15, 0.2) is 24.3 Å². The number of hydrogen-bond donors (Lipinski definition) is 2. The summed E-state index contributed by atoms with van der Waals surface area (Å²) in [5.41, 5.74) is 3.89. The van der Waals surface area contributed by atoms with Gasteiger partial charge in [-0.3, -0.25) is 4.79 Å². The molecule has 1 aliphatic rings. The number of amides is 1. The maximum Gasteiger partial charge on any atom is 0.224 e. The smallest absolute Gasteiger partial charge is 0.224 e. The average Bonchev–Trinajstić information content (AvgIpc) is 2.50. The molecule has 0 radical (unpaired) electrons. The van der Waals surface area contributed by atoms with Crippen LogP contribution in [0.2, 0.25) is 0 Å². The van der Waals surface area contributed by atoms with Crippen molar-refractivity contribution in [3.63, 3.8) is 0 Å². The monoisotopic (exact) mass is 312 g/mol. The highest BCUT2D eigenvalue weighted by molar-refractivity contribution is 5.93. The molecule has 120 valence electrons. The van der Waals surface area contributed by atoms with Gasteiger partial charge in [-0.15, -0.1) is 0 Å². The number of fused-ring (bicyclic) bond motifs is 1. The molecular formula is C17H20N4O2. The molecule has 2 heterocycles. The summed E-state index contributed by atoms with van der Waals surface area (Å²) in [6.07, 6.45) is 1.29. The van der Waals surface area contributed by atoms with E-state index in [1.165, 1.54) is 0 Å². The number of ether oxygens (including phenoxy) is 1. The fourth-order valence-corrected chi connectivity index (χ4v) is 2.59. The Morgan fingerprint density at radius 3 is 2.74 bits per heavy atom. The van der Waals surface area contributed by atoms with Gasteiger partial charge in [0.2, 0.25) is 11.9 Å². The molecule has 0 unspecified atom stereocenters. The first-order valence-corrected chi connectivity index (χ1v) is 7.72. The standard InChI is InChI=1S/C17H20N4O2/c1-11-9-12(2)20-17(19-11)18-7-8-23-14-4-5-15-13(10-14)3-6-16(22)21-15/h4-5,9-10H,3,6-8H2,1-2H3,(H,21,22)(H,18,19,20). The second-order valence-electron chi connectivity index (χ2n) is 5.62. The first-order valence-electron chi connectivity index (χ1n) is 7.72. The second kappa shape index (κ2) is 6.64. The number of nitrogens with zero attached hydrogens (tertiary/aromatic N) is 2. The highest BCUT2D eigenvalue weighted by atomic mass is 16.5. The summed E-state index contributed by atoms with van der Waals surface area (Å²) >= 11 is 0. The molecule has 6 nitrogen and oxygen atoms in total. The van der Waals surface area contributed by atoms with Gasteiger partial charge >= 0.3 is 0 Å². The van der Waals surface area contributed by atoms with E-state index >= 15 is 0 Å². The van der Waals surface area contributed by atoms with Gasteiger partial charge in [-0.2, -0.15) is 0 Å². The molecule has 1 aliphatic heterocycles. The lowest BCUT2D eigenvalue weighted by Gasteiger charge is -2.17. The van der Waals surface area contributed by atoms with Crippen molar-refractivity contribution < 1.29 is 9.53 Å². The van der Waals surface area contributed by atoms with E-state index < -0.39 is 0 Å². The van der Waals surface area contributed by atoms with E-state index in [1.807, 2.05) is 38.1 Å². The summed E-state index contributed by atoms with van der Waals surface area (Å²) in [6.45, 7) is 5.03. The summed E-state index contributed by atoms with van der Waals surface area (Å²) in [4.78, 5) is 20.0.